The van der Waals surface area contributed by atoms with Crippen molar-refractivity contribution in [1.82, 2.24) is 10.2 Å². The topological polar surface area (TPSA) is 32.3 Å². The molecule has 0 aromatic carbocycles. The largest absolute Gasteiger partial charge is 0.373 e. The molecule has 0 aliphatic carbocycles. The van der Waals surface area contributed by atoms with E-state index in [4.69, 9.17) is 0 Å². The van der Waals surface area contributed by atoms with Gasteiger partial charge >= 0.3 is 0 Å². The van der Waals surface area contributed by atoms with E-state index in [-0.39, 0.29) is 5.78 Å². The van der Waals surface area contributed by atoms with Crippen molar-refractivity contribution in [1.29, 1.82) is 0 Å². The van der Waals surface area contributed by atoms with Gasteiger partial charge in [0.1, 0.15) is 0 Å². The average Bonchev–Trinajstić information content (AvgIpc) is 2.34. The van der Waals surface area contributed by atoms with Gasteiger partial charge in [0.15, 0.2) is 5.78 Å². The molecule has 3 nitrogen and oxygen atoms in total. The fourth-order valence-corrected chi connectivity index (χ4v) is 3.68. The number of nitrogens with zero attached hydrogens (tertiary/aromatic N) is 1. The zero-order valence-electron chi connectivity index (χ0n) is 10.1. The Bertz CT molecular complexity index is 363. The highest BCUT2D eigenvalue weighted by Crippen LogP contribution is 2.37. The summed E-state index contributed by atoms with van der Waals surface area (Å²) < 4.78 is 0. The Balaban J connectivity index is 1.83. The fraction of sp³-hybridized carbons (Fsp3) is 0.643. The first kappa shape index (κ1) is 11.0. The van der Waals surface area contributed by atoms with E-state index in [0.29, 0.717) is 24.4 Å². The van der Waals surface area contributed by atoms with Crippen molar-refractivity contribution < 1.29 is 4.79 Å². The second kappa shape index (κ2) is 4.30. The van der Waals surface area contributed by atoms with Crippen LogP contribution in [0.25, 0.3) is 0 Å². The number of carbonyl (C=O) groups is 1. The quantitative estimate of drug-likeness (QED) is 0.729. The number of ketones is 1. The van der Waals surface area contributed by atoms with Crippen LogP contribution in [0.2, 0.25) is 0 Å². The van der Waals surface area contributed by atoms with Gasteiger partial charge in [-0.1, -0.05) is 6.08 Å². The Morgan fingerprint density at radius 2 is 2.47 bits per heavy atom. The van der Waals surface area contributed by atoms with Gasteiger partial charge < -0.3 is 10.2 Å². The summed E-state index contributed by atoms with van der Waals surface area (Å²) in [6, 6.07) is 0.928. The van der Waals surface area contributed by atoms with Gasteiger partial charge in [0.2, 0.25) is 0 Å². The van der Waals surface area contributed by atoms with Gasteiger partial charge in [-0.25, -0.2) is 0 Å². The molecule has 4 atom stereocenters. The van der Waals surface area contributed by atoms with E-state index in [1.807, 2.05) is 12.3 Å². The van der Waals surface area contributed by atoms with Gasteiger partial charge in [0, 0.05) is 31.2 Å². The van der Waals surface area contributed by atoms with Gasteiger partial charge in [-0.15, -0.1) is 6.58 Å². The van der Waals surface area contributed by atoms with Gasteiger partial charge in [0.25, 0.3) is 0 Å². The summed E-state index contributed by atoms with van der Waals surface area (Å²) in [7, 11) is 0. The van der Waals surface area contributed by atoms with Gasteiger partial charge in [-0.2, -0.15) is 0 Å². The van der Waals surface area contributed by atoms with E-state index >= 15 is 0 Å². The summed E-state index contributed by atoms with van der Waals surface area (Å²) in [5, 5.41) is 3.64. The summed E-state index contributed by atoms with van der Waals surface area (Å²) in [5.41, 5.74) is 0. The lowest BCUT2D eigenvalue weighted by Crippen LogP contribution is -2.60. The van der Waals surface area contributed by atoms with Crippen molar-refractivity contribution in [3.05, 3.63) is 24.9 Å². The number of piperidine rings is 2. The Hall–Kier alpha value is -1.09. The van der Waals surface area contributed by atoms with E-state index in [9.17, 15) is 4.79 Å². The number of carbonyl (C=O) groups excluding carboxylic acids is 1. The lowest BCUT2D eigenvalue weighted by atomic mass is 9.72. The third-order valence-electron chi connectivity index (χ3n) is 4.46. The molecule has 3 aliphatic heterocycles. The number of hydrogen-bond donors (Lipinski definition) is 1. The zero-order valence-corrected chi connectivity index (χ0v) is 10.1. The summed E-state index contributed by atoms with van der Waals surface area (Å²) >= 11 is 0. The molecule has 92 valence electrons. The van der Waals surface area contributed by atoms with Crippen LogP contribution in [0.5, 0.6) is 0 Å². The summed E-state index contributed by atoms with van der Waals surface area (Å²) in [6.07, 6.45) is 8.74. The highest BCUT2D eigenvalue weighted by molar-refractivity contribution is 5.90. The highest BCUT2D eigenvalue weighted by Gasteiger charge is 2.43. The highest BCUT2D eigenvalue weighted by atomic mass is 16.1. The third kappa shape index (κ3) is 1.93. The van der Waals surface area contributed by atoms with E-state index in [2.05, 4.69) is 16.8 Å². The van der Waals surface area contributed by atoms with Crippen LogP contribution in [0, 0.1) is 11.8 Å². The minimum atomic E-state index is 0.285. The molecule has 0 aromatic rings. The maximum absolute atomic E-state index is 11.6. The van der Waals surface area contributed by atoms with Crippen molar-refractivity contribution >= 4 is 5.78 Å². The first-order valence-electron chi connectivity index (χ1n) is 6.59. The molecular formula is C14H20N2O. The first-order valence-corrected chi connectivity index (χ1v) is 6.59. The Morgan fingerprint density at radius 1 is 1.59 bits per heavy atom. The van der Waals surface area contributed by atoms with Crippen LogP contribution in [0.1, 0.15) is 19.3 Å². The number of hydrogen-bond acceptors (Lipinski definition) is 3. The average molecular weight is 232 g/mol. The molecule has 0 radical (unpaired) electrons. The smallest absolute Gasteiger partial charge is 0.159 e. The molecule has 0 saturated carbocycles. The molecule has 2 fully saturated rings. The van der Waals surface area contributed by atoms with Crippen molar-refractivity contribution in [2.75, 3.05) is 13.1 Å². The number of rotatable bonds is 2. The summed E-state index contributed by atoms with van der Waals surface area (Å²) in [6.45, 7) is 6.07. The molecule has 0 unspecified atom stereocenters. The van der Waals surface area contributed by atoms with Gasteiger partial charge in [-0.3, -0.25) is 4.79 Å². The standard InChI is InChI=1S/C14H20N2O/c1-2-3-13-12-6-10(8-15-13)9-16-5-4-11(17)7-14(12)16/h2,4-5,10,12-15H,1,3,6-9H2/t10-,12+,13-,14-/m1/s1. The van der Waals surface area contributed by atoms with Crippen LogP contribution in [0.3, 0.4) is 0 Å². The molecule has 0 spiro atoms. The van der Waals surface area contributed by atoms with Crippen LogP contribution in [0.4, 0.5) is 0 Å². The number of allylic oxidation sites excluding steroid dienone is 1. The maximum atomic E-state index is 11.6. The molecule has 0 amide bonds. The van der Waals surface area contributed by atoms with Crippen LogP contribution < -0.4 is 5.32 Å². The summed E-state index contributed by atoms with van der Waals surface area (Å²) in [4.78, 5) is 14.0. The van der Waals surface area contributed by atoms with E-state index in [1.54, 1.807) is 6.08 Å². The van der Waals surface area contributed by atoms with Crippen LogP contribution >= 0.6 is 0 Å². The Morgan fingerprint density at radius 3 is 3.29 bits per heavy atom. The minimum Gasteiger partial charge on any atom is -0.373 e. The predicted molar refractivity (Wildman–Crippen MR) is 67.5 cm³/mol. The maximum Gasteiger partial charge on any atom is 0.159 e. The SMILES string of the molecule is C=CC[C@H]1NC[C@H]2C[C@@H]1[C@H]1CC(=O)C=CN1C2. The van der Waals surface area contributed by atoms with E-state index in [0.717, 1.165) is 25.4 Å². The molecule has 3 heterocycles. The fourth-order valence-electron chi connectivity index (χ4n) is 3.68. The summed E-state index contributed by atoms with van der Waals surface area (Å²) in [5.74, 6) is 1.64. The lowest BCUT2D eigenvalue weighted by Gasteiger charge is -2.51. The second-order valence-corrected chi connectivity index (χ2v) is 5.56. The molecule has 3 aliphatic rings. The van der Waals surface area contributed by atoms with Crippen molar-refractivity contribution in [2.24, 2.45) is 11.8 Å². The molecule has 0 aromatic heterocycles. The van der Waals surface area contributed by atoms with E-state index in [1.165, 1.54) is 6.42 Å². The first-order chi connectivity index (χ1) is 8.28. The second-order valence-electron chi connectivity index (χ2n) is 5.56. The molecule has 2 saturated heterocycles. The van der Waals surface area contributed by atoms with Crippen molar-refractivity contribution in [2.45, 2.75) is 31.3 Å². The van der Waals surface area contributed by atoms with Crippen LogP contribution in [0.15, 0.2) is 24.9 Å². The third-order valence-corrected chi connectivity index (χ3v) is 4.46. The number of fused-ring (bicyclic) bond motifs is 4. The zero-order chi connectivity index (χ0) is 11.8. The van der Waals surface area contributed by atoms with Crippen LogP contribution in [-0.2, 0) is 4.79 Å². The Kier molecular flexibility index (Phi) is 2.79. The molecule has 3 rings (SSSR count). The molecule has 1 N–H and O–H groups in total. The van der Waals surface area contributed by atoms with Crippen LogP contribution in [-0.4, -0.2) is 35.9 Å². The molecule has 2 bridgehead atoms. The molecular weight excluding hydrogens is 212 g/mol. The Labute approximate surface area is 103 Å². The predicted octanol–water partition coefficient (Wildman–Crippen LogP) is 1.33. The van der Waals surface area contributed by atoms with Crippen molar-refractivity contribution in [3.8, 4) is 0 Å². The van der Waals surface area contributed by atoms with Gasteiger partial charge in [-0.05, 0) is 37.3 Å². The number of nitrogens with one attached hydrogen (secondary N) is 1. The van der Waals surface area contributed by atoms with Gasteiger partial charge in [0.05, 0.1) is 0 Å². The molecule has 3 heteroatoms. The normalized spacial score (nSPS) is 40.0. The monoisotopic (exact) mass is 232 g/mol. The minimum absolute atomic E-state index is 0.285. The lowest BCUT2D eigenvalue weighted by molar-refractivity contribution is -0.118. The molecule has 17 heavy (non-hydrogen) atoms. The van der Waals surface area contributed by atoms with E-state index < -0.39 is 0 Å². The van der Waals surface area contributed by atoms with Crippen molar-refractivity contribution in [3.63, 3.8) is 0 Å².